The van der Waals surface area contributed by atoms with E-state index in [0.717, 1.165) is 33.6 Å². The van der Waals surface area contributed by atoms with Crippen LogP contribution in [0.2, 0.25) is 0 Å². The number of aromatic nitrogens is 3. The summed E-state index contributed by atoms with van der Waals surface area (Å²) in [7, 11) is 0. The van der Waals surface area contributed by atoms with E-state index in [9.17, 15) is 4.79 Å². The van der Waals surface area contributed by atoms with Gasteiger partial charge in [0.25, 0.3) is 0 Å². The summed E-state index contributed by atoms with van der Waals surface area (Å²) in [5.41, 5.74) is 5.54. The summed E-state index contributed by atoms with van der Waals surface area (Å²) in [5.74, 6) is -0.175. The summed E-state index contributed by atoms with van der Waals surface area (Å²) in [4.78, 5) is 16.8. The van der Waals surface area contributed by atoms with Gasteiger partial charge in [-0.15, -0.1) is 0 Å². The average Bonchev–Trinajstić information content (AvgIpc) is 3.31. The van der Waals surface area contributed by atoms with Crippen molar-refractivity contribution in [3.8, 4) is 16.9 Å². The number of hydrogen-bond donors (Lipinski definition) is 1. The monoisotopic (exact) mass is 438 g/mol. The van der Waals surface area contributed by atoms with Gasteiger partial charge in [0.2, 0.25) is 5.91 Å². The fourth-order valence-corrected chi connectivity index (χ4v) is 3.44. The third kappa shape index (κ3) is 5.81. The topological polar surface area (TPSA) is 69.0 Å². The molecule has 0 fully saturated rings. The highest BCUT2D eigenvalue weighted by Gasteiger charge is 2.11. The Kier molecular flexibility index (Phi) is 7.40. The summed E-state index contributed by atoms with van der Waals surface area (Å²) >= 11 is 0. The summed E-state index contributed by atoms with van der Waals surface area (Å²) in [6.45, 7) is 3.59. The Hall–Kier alpha value is -4.03. The van der Waals surface area contributed by atoms with Crippen molar-refractivity contribution in [1.29, 1.82) is 0 Å². The molecule has 33 heavy (non-hydrogen) atoms. The van der Waals surface area contributed by atoms with Gasteiger partial charge in [0.15, 0.2) is 0 Å². The Bertz CT molecular complexity index is 1220. The SMILES string of the molecule is CCOCc1ccccc1CNC(=O)/C=C/c1cn(-c2ccccc2)nc1-c1cccnc1. The van der Waals surface area contributed by atoms with Crippen LogP contribution in [0.1, 0.15) is 23.6 Å². The van der Waals surface area contributed by atoms with Crippen molar-refractivity contribution in [3.05, 3.63) is 108 Å². The van der Waals surface area contributed by atoms with E-state index in [4.69, 9.17) is 9.84 Å². The van der Waals surface area contributed by atoms with Gasteiger partial charge in [0.1, 0.15) is 5.69 Å². The Morgan fingerprint density at radius 2 is 1.82 bits per heavy atom. The number of nitrogens with one attached hydrogen (secondary N) is 1. The highest BCUT2D eigenvalue weighted by Crippen LogP contribution is 2.24. The fourth-order valence-electron chi connectivity index (χ4n) is 3.44. The molecule has 0 atom stereocenters. The zero-order chi connectivity index (χ0) is 22.9. The van der Waals surface area contributed by atoms with Gasteiger partial charge >= 0.3 is 0 Å². The van der Waals surface area contributed by atoms with Crippen molar-refractivity contribution in [3.63, 3.8) is 0 Å². The van der Waals surface area contributed by atoms with Gasteiger partial charge in [-0.2, -0.15) is 5.10 Å². The van der Waals surface area contributed by atoms with Crippen molar-refractivity contribution < 1.29 is 9.53 Å². The molecule has 6 nitrogen and oxygen atoms in total. The summed E-state index contributed by atoms with van der Waals surface area (Å²) in [5, 5.41) is 7.71. The van der Waals surface area contributed by atoms with E-state index < -0.39 is 0 Å². The molecule has 0 aliphatic heterocycles. The van der Waals surface area contributed by atoms with E-state index in [0.29, 0.717) is 19.8 Å². The molecule has 4 rings (SSSR count). The van der Waals surface area contributed by atoms with Gasteiger partial charge in [-0.1, -0.05) is 42.5 Å². The molecular weight excluding hydrogens is 412 g/mol. The molecule has 2 aromatic carbocycles. The minimum Gasteiger partial charge on any atom is -0.377 e. The molecule has 2 heterocycles. The standard InChI is InChI=1S/C27H26N4O2/c1-2-33-20-24-10-7-6-9-21(24)18-29-26(32)15-14-23-19-31(25-12-4-3-5-13-25)30-27(23)22-11-8-16-28-17-22/h3-17,19H,2,18,20H2,1H3,(H,29,32)/b15-14+. The maximum absolute atomic E-state index is 12.6. The molecule has 1 amide bonds. The second-order valence-electron chi connectivity index (χ2n) is 7.41. The van der Waals surface area contributed by atoms with E-state index in [2.05, 4.69) is 10.3 Å². The first kappa shape index (κ1) is 22.2. The van der Waals surface area contributed by atoms with E-state index >= 15 is 0 Å². The lowest BCUT2D eigenvalue weighted by atomic mass is 10.1. The number of nitrogens with zero attached hydrogens (tertiary/aromatic N) is 3. The van der Waals surface area contributed by atoms with E-state index in [1.54, 1.807) is 18.5 Å². The van der Waals surface area contributed by atoms with Crippen molar-refractivity contribution in [2.45, 2.75) is 20.1 Å². The van der Waals surface area contributed by atoms with Gasteiger partial charge in [-0.25, -0.2) is 4.68 Å². The van der Waals surface area contributed by atoms with Crippen molar-refractivity contribution in [2.75, 3.05) is 6.61 Å². The zero-order valence-electron chi connectivity index (χ0n) is 18.5. The predicted octanol–water partition coefficient (Wildman–Crippen LogP) is 4.80. The molecule has 0 saturated carbocycles. The molecule has 0 aliphatic carbocycles. The highest BCUT2D eigenvalue weighted by atomic mass is 16.5. The highest BCUT2D eigenvalue weighted by molar-refractivity contribution is 5.92. The second kappa shape index (κ2) is 11.0. The molecule has 0 aliphatic rings. The third-order valence-corrected chi connectivity index (χ3v) is 5.15. The van der Waals surface area contributed by atoms with Crippen LogP contribution in [0.5, 0.6) is 0 Å². The number of rotatable bonds is 9. The number of ether oxygens (including phenoxy) is 1. The van der Waals surface area contributed by atoms with E-state index in [1.165, 1.54) is 6.08 Å². The van der Waals surface area contributed by atoms with Crippen LogP contribution in [-0.2, 0) is 22.7 Å². The number of benzene rings is 2. The number of hydrogen-bond acceptors (Lipinski definition) is 4. The molecule has 4 aromatic rings. The number of carbonyl (C=O) groups is 1. The molecule has 0 radical (unpaired) electrons. The van der Waals surface area contributed by atoms with Crippen LogP contribution in [0, 0.1) is 0 Å². The molecule has 0 bridgehead atoms. The maximum Gasteiger partial charge on any atom is 0.244 e. The first-order valence-electron chi connectivity index (χ1n) is 10.9. The Balaban J connectivity index is 1.52. The second-order valence-corrected chi connectivity index (χ2v) is 7.41. The Morgan fingerprint density at radius 3 is 2.58 bits per heavy atom. The van der Waals surface area contributed by atoms with Crippen LogP contribution >= 0.6 is 0 Å². The molecule has 0 unspecified atom stereocenters. The Labute approximate surface area is 193 Å². The fraction of sp³-hybridized carbons (Fsp3) is 0.148. The molecule has 0 saturated heterocycles. The molecule has 1 N–H and O–H groups in total. The van der Waals surface area contributed by atoms with Gasteiger partial charge in [0.05, 0.1) is 12.3 Å². The van der Waals surface area contributed by atoms with Gasteiger partial charge in [-0.05, 0) is 48.4 Å². The van der Waals surface area contributed by atoms with E-state index in [1.807, 2.05) is 84.5 Å². The minimum atomic E-state index is -0.175. The number of para-hydroxylation sites is 1. The number of pyridine rings is 1. The normalized spacial score (nSPS) is 11.1. The number of amides is 1. The first-order chi connectivity index (χ1) is 16.2. The lowest BCUT2D eigenvalue weighted by Gasteiger charge is -2.09. The average molecular weight is 439 g/mol. The van der Waals surface area contributed by atoms with Gasteiger partial charge < -0.3 is 10.1 Å². The maximum atomic E-state index is 12.6. The minimum absolute atomic E-state index is 0.175. The quantitative estimate of drug-likeness (QED) is 0.381. The first-order valence-corrected chi connectivity index (χ1v) is 10.9. The number of carbonyl (C=O) groups excluding carboxylic acids is 1. The molecular formula is C27H26N4O2. The molecule has 0 spiro atoms. The predicted molar refractivity (Wildman–Crippen MR) is 129 cm³/mol. The third-order valence-electron chi connectivity index (χ3n) is 5.15. The smallest absolute Gasteiger partial charge is 0.244 e. The summed E-state index contributed by atoms with van der Waals surface area (Å²) < 4.78 is 7.33. The van der Waals surface area contributed by atoms with Gasteiger partial charge in [-0.3, -0.25) is 9.78 Å². The zero-order valence-corrected chi connectivity index (χ0v) is 18.5. The van der Waals surface area contributed by atoms with Crippen molar-refractivity contribution in [2.24, 2.45) is 0 Å². The van der Waals surface area contributed by atoms with Crippen LogP contribution in [0.15, 0.2) is 91.4 Å². The van der Waals surface area contributed by atoms with Gasteiger partial charge in [0, 0.05) is 48.9 Å². The van der Waals surface area contributed by atoms with E-state index in [-0.39, 0.29) is 5.91 Å². The summed E-state index contributed by atoms with van der Waals surface area (Å²) in [6.07, 6.45) is 8.74. The lowest BCUT2D eigenvalue weighted by Crippen LogP contribution is -2.21. The van der Waals surface area contributed by atoms with Crippen LogP contribution in [0.3, 0.4) is 0 Å². The Morgan fingerprint density at radius 1 is 1.03 bits per heavy atom. The van der Waals surface area contributed by atoms with Crippen LogP contribution in [0.25, 0.3) is 23.0 Å². The molecule has 2 aromatic heterocycles. The lowest BCUT2D eigenvalue weighted by molar-refractivity contribution is -0.116. The largest absolute Gasteiger partial charge is 0.377 e. The molecule has 166 valence electrons. The van der Waals surface area contributed by atoms with Crippen molar-refractivity contribution >= 4 is 12.0 Å². The van der Waals surface area contributed by atoms with Crippen molar-refractivity contribution in [1.82, 2.24) is 20.1 Å². The molecule has 6 heteroatoms. The van der Waals surface area contributed by atoms with Crippen LogP contribution < -0.4 is 5.32 Å². The van der Waals surface area contributed by atoms with Crippen LogP contribution in [-0.4, -0.2) is 27.3 Å². The summed E-state index contributed by atoms with van der Waals surface area (Å²) in [6, 6.07) is 21.7. The van der Waals surface area contributed by atoms with Crippen LogP contribution in [0.4, 0.5) is 0 Å².